The van der Waals surface area contributed by atoms with Crippen LogP contribution < -0.4 is 10.5 Å². The smallest absolute Gasteiger partial charge is 0.327 e. The number of hydrogen-bond donors (Lipinski definition) is 10. The minimum atomic E-state index is -5.73. The van der Waals surface area contributed by atoms with E-state index in [1.54, 1.807) is 0 Å². The number of phenols is 2. The molecule has 0 saturated heterocycles. The van der Waals surface area contributed by atoms with Crippen LogP contribution in [0.2, 0.25) is 10.0 Å². The van der Waals surface area contributed by atoms with Crippen LogP contribution in [0.3, 0.4) is 0 Å². The first-order valence-corrected chi connectivity index (χ1v) is 31.0. The lowest BCUT2D eigenvalue weighted by atomic mass is 10.0. The Balaban J connectivity index is 1.22. The molecular formula is C43H27Cl2N13O24S6. The third-order valence-corrected chi connectivity index (χ3v) is 17.2. The Kier molecular flexibility index (Phi) is 17.9. The van der Waals surface area contributed by atoms with Gasteiger partial charge in [0.2, 0.25) is 5.88 Å². The molecule has 0 unspecified atom stereocenters. The number of nitrogen functional groups attached to an aromatic ring is 1. The van der Waals surface area contributed by atoms with Gasteiger partial charge in [-0.15, -0.1) is 34.6 Å². The van der Waals surface area contributed by atoms with E-state index < -0.39 is 187 Å². The van der Waals surface area contributed by atoms with E-state index in [1.807, 2.05) is 0 Å². The minimum absolute atomic E-state index is 0.00490. The van der Waals surface area contributed by atoms with Crippen LogP contribution in [-0.2, 0) is 60.0 Å². The maximum absolute atomic E-state index is 13.2. The fraction of sp³-hybridized carbons (Fsp3) is 0.0233. The van der Waals surface area contributed by atoms with Gasteiger partial charge in [0.15, 0.2) is 17.2 Å². The molecular weight excluding hydrogens is 1350 g/mol. The number of benzene rings is 7. The fourth-order valence-corrected chi connectivity index (χ4v) is 12.2. The van der Waals surface area contributed by atoms with Gasteiger partial charge in [0, 0.05) is 34.4 Å². The number of nitrogens with two attached hydrogens (primary N) is 1. The number of nitro benzene ring substituents is 1. The van der Waals surface area contributed by atoms with E-state index in [2.05, 4.69) is 60.2 Å². The highest BCUT2D eigenvalue weighted by molar-refractivity contribution is 7.94. The van der Waals surface area contributed by atoms with Gasteiger partial charge >= 0.3 is 5.82 Å². The average molecular weight is 1370 g/mol. The molecule has 1 aromatic heterocycles. The standard InChI is InChI=1S/C43H27Cl2N13O24S6/c1-47-42-38(43(61)57(56-42)27-13-22(45)28(80-2)14-21(27)44)55-50-23-6-3-16(9-31(23)85(68,69)70)48-54-37-33(87(74,75)76)12-19-18(39(37)59)5-8-25(41(19)88(77,78)79)51-52-26-15-30(84(65,66)67)20-11-29(83-82-81-64)36(40(60)34(20)35(26)46)53-49-24-7-4-17(58(62)63)10-32(24)86(71,72)73/h3-15,59-61,64H,46H2,2H3,(H,65,66,67)(H,68,69,70)(H,71,72,73)(H,74,75,76)(H,77,78,79). The third kappa shape index (κ3) is 13.1. The Labute approximate surface area is 503 Å². The monoisotopic (exact) mass is 1370 g/mol. The Morgan fingerprint density at radius 1 is 0.625 bits per heavy atom. The maximum atomic E-state index is 13.2. The van der Waals surface area contributed by atoms with Crippen molar-refractivity contribution in [3.8, 4) is 28.8 Å². The number of non-ortho nitro benzene ring substituents is 1. The SMILES string of the molecule is [C-]#[N+]c1nn(-c2cc(Cl)c(OC)cc2Cl)c(O)c1N=Nc1ccc(N=Nc2c(S(=O)(=O)O)cc3c(S(=O)(=O)O)c(N=Nc4cc(S(=O)(=O)O)c5cc(SOOO)c(N=Nc6ccc([N+](=O)[O-])cc6S(=O)(=O)O)c(O)c5c4N)ccc3c2O)cc1S(=O)(=O)O. The van der Waals surface area contributed by atoms with E-state index in [1.165, 1.54) is 19.2 Å². The number of fused-ring (bicyclic) bond motifs is 2. The molecule has 0 radical (unpaired) electrons. The Morgan fingerprint density at radius 2 is 1.19 bits per heavy atom. The van der Waals surface area contributed by atoms with Crippen molar-refractivity contribution in [3.63, 3.8) is 0 Å². The van der Waals surface area contributed by atoms with Gasteiger partial charge in [0.25, 0.3) is 56.3 Å². The zero-order valence-electron chi connectivity index (χ0n) is 42.3. The van der Waals surface area contributed by atoms with Crippen LogP contribution >= 0.6 is 35.2 Å². The summed E-state index contributed by atoms with van der Waals surface area (Å²) in [6, 6.07) is 9.68. The molecule has 0 aliphatic heterocycles. The molecule has 8 aromatic rings. The molecule has 0 saturated carbocycles. The van der Waals surface area contributed by atoms with Crippen molar-refractivity contribution in [3.05, 3.63) is 110 Å². The van der Waals surface area contributed by atoms with Crippen LogP contribution in [0.15, 0.2) is 149 Å². The largest absolute Gasteiger partial charge is 0.505 e. The van der Waals surface area contributed by atoms with Crippen LogP contribution in [0.4, 0.5) is 62.7 Å². The second kappa shape index (κ2) is 24.2. The van der Waals surface area contributed by atoms with E-state index in [4.69, 9.17) is 45.5 Å². The number of anilines is 1. The summed E-state index contributed by atoms with van der Waals surface area (Å²) >= 11 is 12.5. The van der Waals surface area contributed by atoms with Crippen molar-refractivity contribution < 1.29 is 104 Å². The fourth-order valence-electron chi connectivity index (χ4n) is 7.78. The summed E-state index contributed by atoms with van der Waals surface area (Å²) in [4.78, 5) is 6.52. The number of halogens is 2. The number of rotatable bonds is 19. The number of hydrogen-bond acceptors (Lipinski definition) is 30. The van der Waals surface area contributed by atoms with Crippen molar-refractivity contribution >= 4 is 170 Å². The molecule has 0 aliphatic rings. The van der Waals surface area contributed by atoms with Crippen molar-refractivity contribution in [2.24, 2.45) is 40.9 Å². The zero-order valence-corrected chi connectivity index (χ0v) is 48.7. The number of aromatic hydroxyl groups is 3. The lowest BCUT2D eigenvalue weighted by Crippen LogP contribution is -2.03. The molecule has 7 aromatic carbocycles. The van der Waals surface area contributed by atoms with Gasteiger partial charge in [-0.1, -0.05) is 34.8 Å². The quantitative estimate of drug-likeness (QED) is 0.00525. The topological polar surface area (TPSA) is 571 Å². The summed E-state index contributed by atoms with van der Waals surface area (Å²) in [6.45, 7) is 7.53. The maximum Gasteiger partial charge on any atom is 0.327 e. The first-order valence-electron chi connectivity index (χ1n) is 22.3. The van der Waals surface area contributed by atoms with Crippen molar-refractivity contribution in [1.82, 2.24) is 9.78 Å². The van der Waals surface area contributed by atoms with Crippen LogP contribution in [-0.4, -0.2) is 107 Å². The van der Waals surface area contributed by atoms with E-state index in [9.17, 15) is 90.3 Å². The number of ether oxygens (including phenoxy) is 1. The average Bonchev–Trinajstić information content (AvgIpc) is 1.12. The van der Waals surface area contributed by atoms with Crippen LogP contribution in [0, 0.1) is 16.7 Å². The number of nitrogens with zero attached hydrogens (tertiary/aromatic N) is 12. The molecule has 0 amide bonds. The molecule has 0 atom stereocenters. The van der Waals surface area contributed by atoms with E-state index in [0.29, 0.717) is 36.4 Å². The molecule has 37 nitrogen and oxygen atoms in total. The second-order valence-electron chi connectivity index (χ2n) is 16.8. The predicted octanol–water partition coefficient (Wildman–Crippen LogP) is 11.0. The highest BCUT2D eigenvalue weighted by Gasteiger charge is 2.31. The number of nitro groups is 1. The number of aromatic nitrogens is 2. The summed E-state index contributed by atoms with van der Waals surface area (Å²) in [7, 11) is -26.2. The van der Waals surface area contributed by atoms with E-state index in [-0.39, 0.29) is 33.5 Å². The van der Waals surface area contributed by atoms with E-state index in [0.717, 1.165) is 35.0 Å². The molecule has 458 valence electrons. The van der Waals surface area contributed by atoms with Gasteiger partial charge in [-0.2, -0.15) is 57.4 Å². The summed E-state index contributed by atoms with van der Waals surface area (Å²) in [6.07, 6.45) is 0. The van der Waals surface area contributed by atoms with Gasteiger partial charge in [-0.25, -0.2) is 5.26 Å². The Bertz CT molecular complexity index is 5130. The van der Waals surface area contributed by atoms with Crippen molar-refractivity contribution in [2.45, 2.75) is 29.4 Å². The summed E-state index contributed by atoms with van der Waals surface area (Å²) in [5.41, 5.74) is -2.13. The molecule has 0 fully saturated rings. The first-order chi connectivity index (χ1) is 41.0. The normalized spacial score (nSPS) is 12.8. The molecule has 0 bridgehead atoms. The van der Waals surface area contributed by atoms with Gasteiger partial charge in [0.05, 0.1) is 55.8 Å². The molecule has 11 N–H and O–H groups in total. The van der Waals surface area contributed by atoms with Gasteiger partial charge in [-0.05, 0) is 65.8 Å². The van der Waals surface area contributed by atoms with Gasteiger partial charge in [-0.3, -0.25) is 32.9 Å². The van der Waals surface area contributed by atoms with Gasteiger partial charge < -0.3 is 30.6 Å². The Morgan fingerprint density at radius 3 is 1.77 bits per heavy atom. The lowest BCUT2D eigenvalue weighted by molar-refractivity contribution is -0.432. The summed E-state index contributed by atoms with van der Waals surface area (Å²) < 4.78 is 189. The van der Waals surface area contributed by atoms with Crippen LogP contribution in [0.1, 0.15) is 0 Å². The predicted molar refractivity (Wildman–Crippen MR) is 300 cm³/mol. The highest BCUT2D eigenvalue weighted by atomic mass is 35.5. The van der Waals surface area contributed by atoms with Crippen LogP contribution in [0.25, 0.3) is 32.1 Å². The number of phenolic OH excluding ortho intramolecular Hbond substituents is 2. The highest BCUT2D eigenvalue weighted by Crippen LogP contribution is 2.52. The first kappa shape index (κ1) is 64.9. The number of methoxy groups -OCH3 is 1. The van der Waals surface area contributed by atoms with Crippen LogP contribution in [0.5, 0.6) is 23.1 Å². The Hall–Kier alpha value is -9.08. The molecule has 1 heterocycles. The van der Waals surface area contributed by atoms with E-state index >= 15 is 0 Å². The summed E-state index contributed by atoms with van der Waals surface area (Å²) in [5, 5.41) is 87.9. The minimum Gasteiger partial charge on any atom is -0.505 e. The lowest BCUT2D eigenvalue weighted by Gasteiger charge is -2.15. The molecule has 45 heteroatoms. The molecule has 88 heavy (non-hydrogen) atoms. The molecule has 8 rings (SSSR count). The van der Waals surface area contributed by atoms with Gasteiger partial charge in [0.1, 0.15) is 70.0 Å². The third-order valence-electron chi connectivity index (χ3n) is 11.5. The summed E-state index contributed by atoms with van der Waals surface area (Å²) in [5.74, 6) is -3.89. The molecule has 0 aliphatic carbocycles. The second-order valence-corrected chi connectivity index (χ2v) is 25.3. The van der Waals surface area contributed by atoms with Crippen molar-refractivity contribution in [1.29, 1.82) is 0 Å². The molecule has 0 spiro atoms. The van der Waals surface area contributed by atoms with Crippen molar-refractivity contribution in [2.75, 3.05) is 12.8 Å². The number of azo groups is 4. The zero-order chi connectivity index (χ0) is 64.9.